The van der Waals surface area contributed by atoms with E-state index in [2.05, 4.69) is 24.0 Å². The molecule has 5 nitrogen and oxygen atoms in total. The predicted octanol–water partition coefficient (Wildman–Crippen LogP) is 4.92. The van der Waals surface area contributed by atoms with Gasteiger partial charge < -0.3 is 15.4 Å². The van der Waals surface area contributed by atoms with Gasteiger partial charge in [-0.2, -0.15) is 0 Å². The summed E-state index contributed by atoms with van der Waals surface area (Å²) in [5.74, 6) is 0.599. The SMILES string of the molecule is Cc1c(-c2ccc3c(c2)C(F)CC2(CCN(C(N)=O)CC2)O3)ccc2cccnc12. The second-order valence-corrected chi connectivity index (χ2v) is 8.35. The highest BCUT2D eigenvalue weighted by Gasteiger charge is 2.44. The molecule has 1 saturated heterocycles. The molecule has 0 radical (unpaired) electrons. The molecule has 2 N–H and O–H groups in total. The van der Waals surface area contributed by atoms with E-state index in [1.54, 1.807) is 11.1 Å². The number of carbonyl (C=O) groups is 1. The highest BCUT2D eigenvalue weighted by Crippen LogP contribution is 2.47. The third-order valence-corrected chi connectivity index (χ3v) is 6.55. The van der Waals surface area contributed by atoms with Crippen molar-refractivity contribution in [1.82, 2.24) is 9.88 Å². The van der Waals surface area contributed by atoms with Gasteiger partial charge >= 0.3 is 6.03 Å². The molecule has 5 rings (SSSR count). The van der Waals surface area contributed by atoms with Gasteiger partial charge in [0.2, 0.25) is 0 Å². The lowest BCUT2D eigenvalue weighted by atomic mass is 9.81. The molecule has 1 unspecified atom stereocenters. The number of pyridine rings is 1. The molecule has 0 bridgehead atoms. The van der Waals surface area contributed by atoms with Gasteiger partial charge in [0.25, 0.3) is 0 Å². The highest BCUT2D eigenvalue weighted by atomic mass is 19.1. The Morgan fingerprint density at radius 1 is 1.23 bits per heavy atom. The number of aromatic nitrogens is 1. The molecule has 0 saturated carbocycles. The number of benzene rings is 2. The quantitative estimate of drug-likeness (QED) is 0.625. The molecule has 2 aliphatic rings. The van der Waals surface area contributed by atoms with Crippen LogP contribution in [0, 0.1) is 6.92 Å². The molecule has 2 aromatic carbocycles. The van der Waals surface area contributed by atoms with E-state index in [9.17, 15) is 4.79 Å². The van der Waals surface area contributed by atoms with E-state index in [0.29, 0.717) is 43.7 Å². The minimum absolute atomic E-state index is 0.300. The Bertz CT molecular complexity index is 1140. The lowest BCUT2D eigenvalue weighted by molar-refractivity contribution is -0.0291. The predicted molar refractivity (Wildman–Crippen MR) is 114 cm³/mol. The minimum atomic E-state index is -1.10. The molecule has 154 valence electrons. The number of hydrogen-bond acceptors (Lipinski definition) is 3. The number of amides is 2. The number of nitrogens with two attached hydrogens (primary N) is 1. The summed E-state index contributed by atoms with van der Waals surface area (Å²) in [6.45, 7) is 3.05. The van der Waals surface area contributed by atoms with Gasteiger partial charge in [0.05, 0.1) is 5.52 Å². The number of piperidine rings is 1. The van der Waals surface area contributed by atoms with Gasteiger partial charge in [0.1, 0.15) is 17.5 Å². The summed E-state index contributed by atoms with van der Waals surface area (Å²) in [6, 6.07) is 13.4. The van der Waals surface area contributed by atoms with E-state index in [1.165, 1.54) is 0 Å². The number of carbonyl (C=O) groups excluding carboxylic acids is 1. The van der Waals surface area contributed by atoms with E-state index in [-0.39, 0.29) is 0 Å². The highest BCUT2D eigenvalue weighted by molar-refractivity contribution is 5.88. The Hall–Kier alpha value is -3.15. The van der Waals surface area contributed by atoms with Gasteiger partial charge in [-0.1, -0.05) is 24.3 Å². The first-order chi connectivity index (χ1) is 14.5. The van der Waals surface area contributed by atoms with Gasteiger partial charge in [0.15, 0.2) is 0 Å². The second-order valence-electron chi connectivity index (χ2n) is 8.35. The average Bonchev–Trinajstić information content (AvgIpc) is 2.74. The van der Waals surface area contributed by atoms with Crippen molar-refractivity contribution in [3.05, 3.63) is 59.8 Å². The maximum atomic E-state index is 15.3. The van der Waals surface area contributed by atoms with Crippen LogP contribution in [0.5, 0.6) is 5.75 Å². The van der Waals surface area contributed by atoms with Crippen LogP contribution in [0.2, 0.25) is 0 Å². The zero-order chi connectivity index (χ0) is 20.9. The van der Waals surface area contributed by atoms with Crippen LogP contribution in [0.15, 0.2) is 48.7 Å². The molecule has 1 atom stereocenters. The van der Waals surface area contributed by atoms with Crippen molar-refractivity contribution >= 4 is 16.9 Å². The van der Waals surface area contributed by atoms with Gasteiger partial charge in [-0.3, -0.25) is 4.98 Å². The standard InChI is InChI=1S/C24H24FN3O2/c1-15-18(6-4-16-3-2-10-27-22(15)16)17-5-7-21-19(13-17)20(25)14-24(30-21)8-11-28(12-9-24)23(26)29/h2-7,10,13,20H,8-9,11-12,14H2,1H3,(H2,26,29). The number of primary amides is 1. The van der Waals surface area contributed by atoms with Crippen LogP contribution in [-0.2, 0) is 0 Å². The number of halogens is 1. The molecule has 30 heavy (non-hydrogen) atoms. The zero-order valence-corrected chi connectivity index (χ0v) is 16.9. The smallest absolute Gasteiger partial charge is 0.314 e. The van der Waals surface area contributed by atoms with E-state index in [0.717, 1.165) is 27.6 Å². The molecule has 0 aliphatic carbocycles. The Morgan fingerprint density at radius 2 is 2.03 bits per heavy atom. The van der Waals surface area contributed by atoms with Gasteiger partial charge in [-0.05, 0) is 41.8 Å². The molecule has 2 amide bonds. The number of rotatable bonds is 1. The summed E-state index contributed by atoms with van der Waals surface area (Å²) in [6.07, 6.45) is 2.17. The third-order valence-electron chi connectivity index (χ3n) is 6.55. The number of fused-ring (bicyclic) bond motifs is 2. The van der Waals surface area contributed by atoms with E-state index >= 15 is 4.39 Å². The van der Waals surface area contributed by atoms with Crippen LogP contribution in [-0.4, -0.2) is 34.6 Å². The van der Waals surface area contributed by atoms with Crippen molar-refractivity contribution in [2.45, 2.75) is 38.0 Å². The second kappa shape index (κ2) is 6.97. The fraction of sp³-hybridized carbons (Fsp3) is 0.333. The van der Waals surface area contributed by atoms with Crippen molar-refractivity contribution in [1.29, 1.82) is 0 Å². The fourth-order valence-electron chi connectivity index (χ4n) is 4.81. The normalized spacial score (nSPS) is 20.1. The van der Waals surface area contributed by atoms with E-state index in [4.69, 9.17) is 10.5 Å². The number of ether oxygens (including phenoxy) is 1. The summed E-state index contributed by atoms with van der Waals surface area (Å²) in [5.41, 5.74) is 9.45. The molecule has 6 heteroatoms. The lowest BCUT2D eigenvalue weighted by Crippen LogP contribution is -2.52. The largest absolute Gasteiger partial charge is 0.487 e. The van der Waals surface area contributed by atoms with Crippen molar-refractivity contribution in [3.8, 4) is 16.9 Å². The number of hydrogen-bond donors (Lipinski definition) is 1. The summed E-state index contributed by atoms with van der Waals surface area (Å²) in [5, 5.41) is 1.09. The topological polar surface area (TPSA) is 68.5 Å². The maximum absolute atomic E-state index is 15.3. The number of aryl methyl sites for hydroxylation is 1. The third kappa shape index (κ3) is 3.07. The first kappa shape index (κ1) is 18.9. The van der Waals surface area contributed by atoms with Crippen LogP contribution in [0.1, 0.15) is 36.6 Å². The van der Waals surface area contributed by atoms with Gasteiger partial charge in [-0.25, -0.2) is 9.18 Å². The van der Waals surface area contributed by atoms with Crippen LogP contribution in [0.25, 0.3) is 22.0 Å². The van der Waals surface area contributed by atoms with Crippen LogP contribution >= 0.6 is 0 Å². The van der Waals surface area contributed by atoms with Crippen molar-refractivity contribution < 1.29 is 13.9 Å². The molecule has 3 heterocycles. The van der Waals surface area contributed by atoms with Gasteiger partial charge in [0, 0.05) is 49.5 Å². The molecule has 1 aromatic heterocycles. The molecule has 2 aliphatic heterocycles. The van der Waals surface area contributed by atoms with Gasteiger partial charge in [-0.15, -0.1) is 0 Å². The lowest BCUT2D eigenvalue weighted by Gasteiger charge is -2.45. The number of urea groups is 1. The summed E-state index contributed by atoms with van der Waals surface area (Å²) < 4.78 is 21.6. The maximum Gasteiger partial charge on any atom is 0.314 e. The summed E-state index contributed by atoms with van der Waals surface area (Å²) in [7, 11) is 0. The van der Waals surface area contributed by atoms with Crippen LogP contribution < -0.4 is 10.5 Å². The first-order valence-electron chi connectivity index (χ1n) is 10.3. The van der Waals surface area contributed by atoms with Crippen LogP contribution in [0.3, 0.4) is 0 Å². The van der Waals surface area contributed by atoms with Crippen molar-refractivity contribution in [3.63, 3.8) is 0 Å². The Balaban J connectivity index is 1.47. The molecular formula is C24H24FN3O2. The molecule has 1 spiro atoms. The number of alkyl halides is 1. The summed E-state index contributed by atoms with van der Waals surface area (Å²) >= 11 is 0. The average molecular weight is 405 g/mol. The molecule has 3 aromatic rings. The number of likely N-dealkylation sites (tertiary alicyclic amines) is 1. The Morgan fingerprint density at radius 3 is 2.80 bits per heavy atom. The fourth-order valence-corrected chi connectivity index (χ4v) is 4.81. The van der Waals surface area contributed by atoms with Crippen molar-refractivity contribution in [2.24, 2.45) is 5.73 Å². The minimum Gasteiger partial charge on any atom is -0.487 e. The van der Waals surface area contributed by atoms with E-state index < -0.39 is 17.8 Å². The first-order valence-corrected chi connectivity index (χ1v) is 10.3. The Kier molecular flexibility index (Phi) is 4.38. The van der Waals surface area contributed by atoms with Crippen molar-refractivity contribution in [2.75, 3.05) is 13.1 Å². The monoisotopic (exact) mass is 405 g/mol. The van der Waals surface area contributed by atoms with E-state index in [1.807, 2.05) is 30.3 Å². The Labute approximate surface area is 174 Å². The number of nitrogens with zero attached hydrogens (tertiary/aromatic N) is 2. The zero-order valence-electron chi connectivity index (χ0n) is 16.9. The molecular weight excluding hydrogens is 381 g/mol. The molecule has 1 fully saturated rings. The van der Waals surface area contributed by atoms with Crippen LogP contribution in [0.4, 0.5) is 9.18 Å². The summed E-state index contributed by atoms with van der Waals surface area (Å²) in [4.78, 5) is 17.5.